The summed E-state index contributed by atoms with van der Waals surface area (Å²) in [5.41, 5.74) is 24.4. The average molecular weight is 1450 g/mol. The van der Waals surface area contributed by atoms with Crippen LogP contribution in [0.25, 0.3) is 0 Å². The number of aliphatic hydroxyl groups excluding tert-OH is 2. The zero-order valence-corrected chi connectivity index (χ0v) is 54.2. The Balaban J connectivity index is 0.814. The third-order valence-corrected chi connectivity index (χ3v) is 20.9. The topological polar surface area (TPSA) is 546 Å². The first-order chi connectivity index (χ1) is 43.4. The molecular formula is C45H61N15O24P4S4. The molecule has 0 amide bonds. The zero-order valence-electron chi connectivity index (χ0n) is 47.3. The van der Waals surface area contributed by atoms with Crippen molar-refractivity contribution in [1.82, 2.24) is 47.8 Å². The van der Waals surface area contributed by atoms with Crippen LogP contribution in [0.1, 0.15) is 63.2 Å². The van der Waals surface area contributed by atoms with Crippen molar-refractivity contribution in [3.8, 4) is 0 Å². The predicted octanol–water partition coefficient (Wildman–Crippen LogP) is -2.55. The fourth-order valence-corrected chi connectivity index (χ4v) is 16.2. The van der Waals surface area contributed by atoms with Gasteiger partial charge in [0.2, 0.25) is 0 Å². The fourth-order valence-electron chi connectivity index (χ4n) is 10.3. The van der Waals surface area contributed by atoms with Crippen LogP contribution in [0.4, 0.5) is 29.1 Å². The Bertz CT molecular complexity index is 4030. The van der Waals surface area contributed by atoms with E-state index in [0.717, 1.165) is 22.8 Å². The minimum atomic E-state index is -4.53. The highest BCUT2D eigenvalue weighted by Crippen LogP contribution is 2.55. The monoisotopic (exact) mass is 1450 g/mol. The third kappa shape index (κ3) is 17.4. The van der Waals surface area contributed by atoms with E-state index >= 15 is 0 Å². The molecule has 10 heterocycles. The molecule has 92 heavy (non-hydrogen) atoms. The molecule has 39 nitrogen and oxygen atoms in total. The van der Waals surface area contributed by atoms with E-state index in [1.54, 1.807) is 0 Å². The second-order valence-corrected chi connectivity index (χ2v) is 32.1. The number of ether oxygens (including phenoxy) is 5. The van der Waals surface area contributed by atoms with E-state index in [1.807, 2.05) is 0 Å². The Kier molecular flexibility index (Phi) is 22.0. The third-order valence-electron chi connectivity index (χ3n) is 14.6. The molecule has 5 aromatic heterocycles. The van der Waals surface area contributed by atoms with Crippen molar-refractivity contribution in [3.63, 3.8) is 0 Å². The lowest BCUT2D eigenvalue weighted by atomic mass is 10.2. The Morgan fingerprint density at radius 2 is 0.620 bits per heavy atom. The van der Waals surface area contributed by atoms with Crippen molar-refractivity contribution in [2.24, 2.45) is 0 Å². The number of nitrogens with zero attached hydrogens (tertiary/aromatic N) is 10. The molecule has 0 bridgehead atoms. The summed E-state index contributed by atoms with van der Waals surface area (Å²) in [6.45, 7) is -20.9. The number of hydrogen-bond acceptors (Lipinski definition) is 34. The lowest BCUT2D eigenvalue weighted by molar-refractivity contribution is -0.0578. The van der Waals surface area contributed by atoms with E-state index in [4.69, 9.17) is 136 Å². The summed E-state index contributed by atoms with van der Waals surface area (Å²) in [7, 11) is 0. The van der Waals surface area contributed by atoms with Crippen LogP contribution in [0.5, 0.6) is 0 Å². The van der Waals surface area contributed by atoms with Crippen molar-refractivity contribution in [2.45, 2.75) is 124 Å². The van der Waals surface area contributed by atoms with Gasteiger partial charge in [-0.2, -0.15) is 24.9 Å². The number of hydrogen-bond donors (Lipinski definition) is 11. The maximum absolute atomic E-state index is 13.1. The molecule has 0 spiro atoms. The van der Waals surface area contributed by atoms with Gasteiger partial charge in [-0.15, -0.1) is 0 Å². The van der Waals surface area contributed by atoms with E-state index in [0.29, 0.717) is 0 Å². The Hall–Kier alpha value is -4.76. The molecule has 0 radical (unpaired) electrons. The van der Waals surface area contributed by atoms with Gasteiger partial charge in [0.05, 0.1) is 63.6 Å². The molecule has 0 aromatic carbocycles. The van der Waals surface area contributed by atoms with Crippen LogP contribution < -0.4 is 57.1 Å². The lowest BCUT2D eigenvalue weighted by Gasteiger charge is -2.28. The maximum atomic E-state index is 13.1. The molecule has 5 aliphatic heterocycles. The van der Waals surface area contributed by atoms with E-state index in [2.05, 4.69) is 24.9 Å². The minimum absolute atomic E-state index is 0.0315. The number of aromatic nitrogens is 10. The van der Waals surface area contributed by atoms with Crippen LogP contribution in [0.15, 0.2) is 85.3 Å². The number of rotatable bonds is 26. The van der Waals surface area contributed by atoms with Gasteiger partial charge in [0.25, 0.3) is 0 Å². The van der Waals surface area contributed by atoms with Crippen LogP contribution in [0.3, 0.4) is 0 Å². The molecular weight excluding hydrogens is 1390 g/mol. The summed E-state index contributed by atoms with van der Waals surface area (Å²) < 4.78 is 82.2. The lowest BCUT2D eigenvalue weighted by Crippen LogP contribution is -2.32. The zero-order chi connectivity index (χ0) is 66.2. The summed E-state index contributed by atoms with van der Waals surface area (Å²) in [4.78, 5) is 129. The summed E-state index contributed by atoms with van der Waals surface area (Å²) in [6, 6.07) is 6.65. The maximum Gasteiger partial charge on any atom is 0.351 e. The van der Waals surface area contributed by atoms with Gasteiger partial charge in [-0.05, 0) is 77.6 Å². The van der Waals surface area contributed by atoms with Gasteiger partial charge in [-0.3, -0.25) is 22.8 Å². The van der Waals surface area contributed by atoms with Gasteiger partial charge in [-0.1, -0.05) is 0 Å². The molecule has 0 aliphatic carbocycles. The van der Waals surface area contributed by atoms with Crippen molar-refractivity contribution in [1.29, 1.82) is 0 Å². The number of anilines is 5. The van der Waals surface area contributed by atoms with Crippen LogP contribution in [0.2, 0.25) is 0 Å². The van der Waals surface area contributed by atoms with E-state index < -0.39 is 181 Å². The molecule has 10 rings (SSSR count). The molecule has 19 atom stereocenters. The average Bonchev–Trinajstić information content (AvgIpc) is 1.69. The fraction of sp³-hybridized carbons (Fsp3) is 0.556. The van der Waals surface area contributed by atoms with Gasteiger partial charge in [-0.25, -0.2) is 24.0 Å². The smallest absolute Gasteiger partial charge is 0.351 e. The van der Waals surface area contributed by atoms with E-state index in [9.17, 15) is 53.8 Å². The van der Waals surface area contributed by atoms with Gasteiger partial charge in [0, 0.05) is 63.1 Å². The molecule has 0 saturated carbocycles. The largest absolute Gasteiger partial charge is 0.394 e. The summed E-state index contributed by atoms with van der Waals surface area (Å²) in [5, 5.41) is 20.9. The SMILES string of the molecule is Nc1ccn([C@H]2C[C@H](OP(O)(=S)OC[C@H]3O[C@@H](n4ccc(N)nc4=O)C[C@@H]3OP(O)(=S)OC[C@H]3O[C@@H](n4ccc(N)nc4=O)C[C@@H]3OP(O)(=S)OC[C@H]3O[C@@H](n4ccc(N)nc4=O)C[C@@H]3OP(O)(=S)OC[C@H]3O[C@@H](n4ccc(N)nc4=O)C[C@@H]3O)[C@@H](CO)O2)c(=O)n1. The standard InChI is InChI=1S/C45H61N15O24P4S4/c46-31-1-6-56(41(63)51-31)36-11-21(62)27(77-36)17-72-85(68,89)82-23-13-38(58-8-3-33(48)53-43(58)65)79-29(23)19-74-87(70,91)84-25-15-40(60-10-5-35(50)55-45(60)67)80-30(25)20-75-88(71,92)83-24-14-39(59-9-4-34(49)54-44(59)66)78-28(24)18-73-86(69,90)81-22-12-37(76-26(22)16-61)57-7-2-32(47)52-42(57)64/h1-10,21-30,36-40,61-62H,11-20H2,(H,68,89)(H,69,90)(H,70,91)(H,71,92)(H2,46,51,63)(H2,47,52,64)(H2,48,53,65)(H2,49,54,66)(H2,50,55,67)/t21-,22-,23-,24-,25-,26+,27+,28+,29+,30+,36+,37+,38+,39+,40+,85?,86?,87?,88?/m0/s1. The van der Waals surface area contributed by atoms with Crippen molar-refractivity contribution in [2.75, 3.05) is 61.7 Å². The van der Waals surface area contributed by atoms with Crippen LogP contribution >= 0.6 is 26.9 Å². The molecule has 504 valence electrons. The number of aliphatic hydroxyl groups is 2. The molecule has 5 fully saturated rings. The quantitative estimate of drug-likeness (QED) is 0.0254. The summed E-state index contributed by atoms with van der Waals surface area (Å²) >= 11 is 21.7. The number of nitrogen functional groups attached to an aromatic ring is 5. The van der Waals surface area contributed by atoms with E-state index in [-0.39, 0.29) is 61.2 Å². The van der Waals surface area contributed by atoms with E-state index in [1.165, 1.54) is 61.3 Å². The predicted molar refractivity (Wildman–Crippen MR) is 330 cm³/mol. The van der Waals surface area contributed by atoms with Crippen LogP contribution in [-0.2, 0) is 107 Å². The summed E-state index contributed by atoms with van der Waals surface area (Å²) in [6.07, 6.45) is -12.6. The highest BCUT2D eigenvalue weighted by Gasteiger charge is 2.48. The Morgan fingerprint density at radius 1 is 0.402 bits per heavy atom. The Morgan fingerprint density at radius 3 is 0.870 bits per heavy atom. The second-order valence-electron chi connectivity index (χ2n) is 20.9. The summed E-state index contributed by atoms with van der Waals surface area (Å²) in [5.74, 6) is -0.412. The van der Waals surface area contributed by atoms with Crippen LogP contribution in [-0.4, -0.2) is 172 Å². The van der Waals surface area contributed by atoms with Crippen LogP contribution in [0, 0.1) is 0 Å². The molecule has 16 N–H and O–H groups in total. The second kappa shape index (κ2) is 28.9. The highest BCUT2D eigenvalue weighted by atomic mass is 32.5. The Labute approximate surface area is 537 Å². The minimum Gasteiger partial charge on any atom is -0.394 e. The van der Waals surface area contributed by atoms with Gasteiger partial charge < -0.3 is 118 Å². The van der Waals surface area contributed by atoms with Gasteiger partial charge in [0.15, 0.2) is 0 Å². The van der Waals surface area contributed by atoms with Gasteiger partial charge >= 0.3 is 55.3 Å². The first kappa shape index (κ1) is 70.1. The van der Waals surface area contributed by atoms with Crippen molar-refractivity contribution >= 4 is 103 Å². The molecule has 5 aliphatic rings. The first-order valence-corrected chi connectivity index (χ1v) is 37.7. The molecule has 5 saturated heterocycles. The highest BCUT2D eigenvalue weighted by molar-refractivity contribution is 8.08. The van der Waals surface area contributed by atoms with Gasteiger partial charge in [0.1, 0.15) is 90.7 Å². The first-order valence-electron chi connectivity index (χ1n) is 27.3. The molecule has 5 aromatic rings. The normalized spacial score (nSPS) is 30.8. The molecule has 47 heteroatoms. The van der Waals surface area contributed by atoms with Crippen molar-refractivity contribution in [3.05, 3.63) is 114 Å². The van der Waals surface area contributed by atoms with Crippen molar-refractivity contribution < 1.29 is 89.7 Å². The number of nitrogens with two attached hydrogens (primary N) is 5. The molecule has 4 unspecified atom stereocenters.